The van der Waals surface area contributed by atoms with E-state index in [0.29, 0.717) is 15.8 Å². The van der Waals surface area contributed by atoms with Gasteiger partial charge in [0.25, 0.3) is 6.43 Å². The van der Waals surface area contributed by atoms with Crippen LogP contribution in [0.5, 0.6) is 0 Å². The fourth-order valence-electron chi connectivity index (χ4n) is 4.56. The number of likely N-dealkylation sites (tertiary alicyclic amines) is 1. The number of hydrogen-bond donors (Lipinski definition) is 2. The van der Waals surface area contributed by atoms with E-state index in [1.54, 1.807) is 42.5 Å². The Morgan fingerprint density at radius 3 is 2.53 bits per heavy atom. The van der Waals surface area contributed by atoms with Gasteiger partial charge in [-0.05, 0) is 40.8 Å². The number of aliphatic hydroxyl groups is 1. The summed E-state index contributed by atoms with van der Waals surface area (Å²) in [5, 5.41) is 22.7. The molecular formula is C24H23F4N7O3. The Balaban J connectivity index is 1.40. The minimum absolute atomic E-state index is 0.113. The molecule has 0 spiro atoms. The molecule has 0 bridgehead atoms. The van der Waals surface area contributed by atoms with Crippen molar-refractivity contribution in [2.75, 3.05) is 6.54 Å². The Labute approximate surface area is 213 Å². The van der Waals surface area contributed by atoms with Gasteiger partial charge in [0.15, 0.2) is 0 Å². The molecule has 38 heavy (non-hydrogen) atoms. The van der Waals surface area contributed by atoms with Crippen LogP contribution in [0.3, 0.4) is 0 Å². The van der Waals surface area contributed by atoms with Crippen LogP contribution >= 0.6 is 0 Å². The summed E-state index contributed by atoms with van der Waals surface area (Å²) in [5.74, 6) is -3.30. The monoisotopic (exact) mass is 533 g/mol. The normalized spacial score (nSPS) is 22.1. The van der Waals surface area contributed by atoms with Crippen LogP contribution in [-0.2, 0) is 16.1 Å². The van der Waals surface area contributed by atoms with Crippen LogP contribution in [0.25, 0.3) is 0 Å². The van der Waals surface area contributed by atoms with Gasteiger partial charge in [0.05, 0.1) is 18.3 Å². The van der Waals surface area contributed by atoms with Crippen molar-refractivity contribution in [2.24, 2.45) is 0 Å². The topological polar surface area (TPSA) is 126 Å². The van der Waals surface area contributed by atoms with Crippen LogP contribution in [0.15, 0.2) is 42.5 Å². The van der Waals surface area contributed by atoms with Crippen LogP contribution < -0.4 is 5.32 Å². The second-order valence-electron chi connectivity index (χ2n) is 9.24. The van der Waals surface area contributed by atoms with Gasteiger partial charge in [-0.3, -0.25) is 9.59 Å². The number of nitrogens with zero attached hydrogens (tertiary/aromatic N) is 6. The van der Waals surface area contributed by atoms with Crippen molar-refractivity contribution < 1.29 is 32.3 Å². The number of pyridine rings is 1. The van der Waals surface area contributed by atoms with E-state index < -0.39 is 67.5 Å². The number of rotatable bonds is 8. The SMILES string of the molecule is O=C(NC(c1ccccc1)c1ccc(C2CC2)c(F)n1)C1C(O)C(F)CN1C(=O)Cn1nnnc1C(F)F. The highest BCUT2D eigenvalue weighted by Crippen LogP contribution is 2.41. The maximum Gasteiger partial charge on any atom is 0.298 e. The molecule has 2 N–H and O–H groups in total. The van der Waals surface area contributed by atoms with Crippen molar-refractivity contribution in [2.45, 2.75) is 56.1 Å². The lowest BCUT2D eigenvalue weighted by atomic mass is 10.0. The van der Waals surface area contributed by atoms with Crippen LogP contribution in [0.1, 0.15) is 53.9 Å². The number of halogens is 4. The molecule has 3 heterocycles. The molecule has 5 rings (SSSR count). The molecule has 1 saturated heterocycles. The van der Waals surface area contributed by atoms with Crippen molar-refractivity contribution in [3.05, 3.63) is 71.1 Å². The molecule has 1 aliphatic carbocycles. The number of aliphatic hydroxyl groups excluding tert-OH is 1. The summed E-state index contributed by atoms with van der Waals surface area (Å²) in [6, 6.07) is 9.02. The number of tetrazole rings is 1. The van der Waals surface area contributed by atoms with E-state index in [2.05, 4.69) is 25.8 Å². The van der Waals surface area contributed by atoms with Gasteiger partial charge in [0.1, 0.15) is 24.9 Å². The van der Waals surface area contributed by atoms with Crippen LogP contribution in [0.4, 0.5) is 17.6 Å². The number of benzene rings is 1. The Hall–Kier alpha value is -3.94. The van der Waals surface area contributed by atoms with E-state index in [1.807, 2.05) is 0 Å². The maximum atomic E-state index is 14.8. The Morgan fingerprint density at radius 1 is 1.13 bits per heavy atom. The first kappa shape index (κ1) is 25.7. The van der Waals surface area contributed by atoms with E-state index in [1.165, 1.54) is 0 Å². The first-order valence-electron chi connectivity index (χ1n) is 11.9. The number of hydrogen-bond acceptors (Lipinski definition) is 7. The minimum Gasteiger partial charge on any atom is -0.387 e. The largest absolute Gasteiger partial charge is 0.387 e. The Kier molecular flexibility index (Phi) is 7.06. The Bertz CT molecular complexity index is 1320. The quantitative estimate of drug-likeness (QED) is 0.334. The third kappa shape index (κ3) is 5.08. The van der Waals surface area contributed by atoms with E-state index in [9.17, 15) is 32.3 Å². The van der Waals surface area contributed by atoms with E-state index in [-0.39, 0.29) is 11.6 Å². The average molecular weight is 533 g/mol. The summed E-state index contributed by atoms with van der Waals surface area (Å²) < 4.78 is 56.0. The van der Waals surface area contributed by atoms with Gasteiger partial charge in [-0.2, -0.15) is 4.39 Å². The van der Waals surface area contributed by atoms with Crippen LogP contribution in [0.2, 0.25) is 0 Å². The number of amides is 2. The highest BCUT2D eigenvalue weighted by molar-refractivity contribution is 5.89. The van der Waals surface area contributed by atoms with Crippen LogP contribution in [0, 0.1) is 5.95 Å². The van der Waals surface area contributed by atoms with Gasteiger partial charge in [-0.1, -0.05) is 36.4 Å². The molecule has 4 unspecified atom stereocenters. The molecule has 4 atom stereocenters. The van der Waals surface area contributed by atoms with Gasteiger partial charge in [0.2, 0.25) is 23.6 Å². The second kappa shape index (κ2) is 10.4. The molecule has 0 radical (unpaired) electrons. The van der Waals surface area contributed by atoms with Crippen LogP contribution in [-0.4, -0.2) is 71.9 Å². The molecule has 14 heteroatoms. The second-order valence-corrected chi connectivity index (χ2v) is 9.24. The number of carbonyl (C=O) groups excluding carboxylic acids is 2. The van der Waals surface area contributed by atoms with Crippen molar-refractivity contribution in [3.8, 4) is 0 Å². The predicted octanol–water partition coefficient (Wildman–Crippen LogP) is 1.84. The third-order valence-corrected chi connectivity index (χ3v) is 6.66. The van der Waals surface area contributed by atoms with Crippen molar-refractivity contribution >= 4 is 11.8 Å². The fourth-order valence-corrected chi connectivity index (χ4v) is 4.56. The predicted molar refractivity (Wildman–Crippen MR) is 122 cm³/mol. The van der Waals surface area contributed by atoms with Gasteiger partial charge < -0.3 is 15.3 Å². The lowest BCUT2D eigenvalue weighted by Gasteiger charge is -2.28. The molecule has 1 saturated carbocycles. The van der Waals surface area contributed by atoms with Crippen molar-refractivity contribution in [1.82, 2.24) is 35.4 Å². The van der Waals surface area contributed by atoms with E-state index in [0.717, 1.165) is 17.7 Å². The molecule has 10 nitrogen and oxygen atoms in total. The molecular weight excluding hydrogens is 510 g/mol. The lowest BCUT2D eigenvalue weighted by molar-refractivity contribution is -0.141. The zero-order valence-corrected chi connectivity index (χ0v) is 19.8. The highest BCUT2D eigenvalue weighted by Gasteiger charge is 2.48. The number of carbonyl (C=O) groups is 2. The average Bonchev–Trinajstić information content (AvgIpc) is 3.55. The molecule has 2 fully saturated rings. The van der Waals surface area contributed by atoms with Crippen molar-refractivity contribution in [3.63, 3.8) is 0 Å². The molecule has 1 aliphatic heterocycles. The molecule has 2 amide bonds. The van der Waals surface area contributed by atoms with Gasteiger partial charge in [-0.15, -0.1) is 5.10 Å². The van der Waals surface area contributed by atoms with E-state index >= 15 is 0 Å². The zero-order valence-electron chi connectivity index (χ0n) is 19.8. The third-order valence-electron chi connectivity index (χ3n) is 6.66. The number of alkyl halides is 3. The highest BCUT2D eigenvalue weighted by atomic mass is 19.3. The molecule has 3 aromatic rings. The minimum atomic E-state index is -3.07. The number of nitrogens with one attached hydrogen (secondary N) is 1. The fraction of sp³-hybridized carbons (Fsp3) is 0.417. The molecule has 200 valence electrons. The summed E-state index contributed by atoms with van der Waals surface area (Å²) in [5.41, 5.74) is 1.19. The molecule has 1 aromatic carbocycles. The zero-order chi connectivity index (χ0) is 27.0. The van der Waals surface area contributed by atoms with Gasteiger partial charge >= 0.3 is 0 Å². The van der Waals surface area contributed by atoms with Crippen molar-refractivity contribution in [1.29, 1.82) is 0 Å². The van der Waals surface area contributed by atoms with Gasteiger partial charge in [-0.25, -0.2) is 22.8 Å². The molecule has 2 aliphatic rings. The maximum absolute atomic E-state index is 14.8. The summed E-state index contributed by atoms with van der Waals surface area (Å²) in [6.07, 6.45) is -5.19. The Morgan fingerprint density at radius 2 is 1.87 bits per heavy atom. The lowest BCUT2D eigenvalue weighted by Crippen LogP contribution is -2.52. The molecule has 2 aromatic heterocycles. The first-order valence-corrected chi connectivity index (χ1v) is 11.9. The summed E-state index contributed by atoms with van der Waals surface area (Å²) in [4.78, 5) is 31.1. The van der Waals surface area contributed by atoms with E-state index in [4.69, 9.17) is 0 Å². The standard InChI is InChI=1S/C24H23F4N7O3/c25-15-10-34(17(36)11-35-23(21(26)27)31-32-33-35)19(20(15)37)24(38)30-18(13-4-2-1-3-5-13)16-9-8-14(12-6-7-12)22(28)29-16/h1-5,8-9,12,15,18-21,37H,6-7,10-11H2,(H,30,38). The summed E-state index contributed by atoms with van der Waals surface area (Å²) in [6.45, 7) is -1.45. The van der Waals surface area contributed by atoms with Gasteiger partial charge in [0, 0.05) is 5.56 Å². The first-order chi connectivity index (χ1) is 18.2. The smallest absolute Gasteiger partial charge is 0.298 e. The summed E-state index contributed by atoms with van der Waals surface area (Å²) in [7, 11) is 0. The number of aromatic nitrogens is 5. The summed E-state index contributed by atoms with van der Waals surface area (Å²) >= 11 is 0.